The number of rotatable bonds is 1. The zero-order chi connectivity index (χ0) is 11.8. The minimum atomic E-state index is 1.02. The van der Waals surface area contributed by atoms with E-state index in [2.05, 4.69) is 64.7 Å². The third kappa shape index (κ3) is 1.83. The van der Waals surface area contributed by atoms with Crippen LogP contribution in [0.5, 0.6) is 0 Å². The van der Waals surface area contributed by atoms with Crippen LogP contribution in [-0.2, 0) is 6.16 Å². The second-order valence-electron chi connectivity index (χ2n) is 4.55. The third-order valence-corrected chi connectivity index (χ3v) is 3.76. The van der Waals surface area contributed by atoms with E-state index in [9.17, 15) is 0 Å². The van der Waals surface area contributed by atoms with Crippen LogP contribution in [-0.4, -0.2) is 0 Å². The van der Waals surface area contributed by atoms with Crippen LogP contribution in [0.3, 0.4) is 0 Å². The SMILES string of the molecule is Cc1ccc2c(ccc3cc(CP)ccc32)c1. The van der Waals surface area contributed by atoms with E-state index in [-0.39, 0.29) is 0 Å². The molecule has 0 aromatic heterocycles. The predicted molar refractivity (Wildman–Crippen MR) is 79.6 cm³/mol. The Balaban J connectivity index is 2.40. The Hall–Kier alpha value is -1.39. The van der Waals surface area contributed by atoms with E-state index in [1.54, 1.807) is 0 Å². The summed E-state index contributed by atoms with van der Waals surface area (Å²) in [6.07, 6.45) is 1.02. The van der Waals surface area contributed by atoms with Gasteiger partial charge in [0, 0.05) is 0 Å². The van der Waals surface area contributed by atoms with Crippen LogP contribution in [0.15, 0.2) is 48.5 Å². The van der Waals surface area contributed by atoms with Gasteiger partial charge in [-0.15, -0.1) is 9.24 Å². The van der Waals surface area contributed by atoms with Crippen molar-refractivity contribution in [3.05, 3.63) is 59.7 Å². The fourth-order valence-corrected chi connectivity index (χ4v) is 2.62. The zero-order valence-electron chi connectivity index (χ0n) is 9.90. The zero-order valence-corrected chi connectivity index (χ0v) is 11.1. The van der Waals surface area contributed by atoms with Gasteiger partial charge in [-0.3, -0.25) is 0 Å². The van der Waals surface area contributed by atoms with Crippen molar-refractivity contribution in [3.63, 3.8) is 0 Å². The topological polar surface area (TPSA) is 0 Å². The van der Waals surface area contributed by atoms with Crippen molar-refractivity contribution in [3.8, 4) is 0 Å². The molecule has 3 aromatic carbocycles. The second kappa shape index (κ2) is 4.13. The Labute approximate surface area is 104 Å². The molecule has 0 aliphatic carbocycles. The van der Waals surface area contributed by atoms with Crippen molar-refractivity contribution in [2.75, 3.05) is 0 Å². The fourth-order valence-electron chi connectivity index (χ4n) is 2.37. The minimum Gasteiger partial charge on any atom is -0.133 e. The van der Waals surface area contributed by atoms with Gasteiger partial charge in [0.15, 0.2) is 0 Å². The van der Waals surface area contributed by atoms with Gasteiger partial charge in [0.1, 0.15) is 0 Å². The molecule has 0 spiro atoms. The van der Waals surface area contributed by atoms with E-state index in [1.165, 1.54) is 32.7 Å². The normalized spacial score (nSPS) is 11.2. The smallest absolute Gasteiger partial charge is 0.0105 e. The summed E-state index contributed by atoms with van der Waals surface area (Å²) in [5, 5.41) is 5.37. The predicted octanol–water partition coefficient (Wildman–Crippen LogP) is 4.68. The molecule has 17 heavy (non-hydrogen) atoms. The van der Waals surface area contributed by atoms with Crippen LogP contribution in [0.2, 0.25) is 0 Å². The molecule has 1 heteroatoms. The van der Waals surface area contributed by atoms with Gasteiger partial charge in [-0.05, 0) is 40.2 Å². The Morgan fingerprint density at radius 2 is 1.47 bits per heavy atom. The van der Waals surface area contributed by atoms with Crippen molar-refractivity contribution >= 4 is 30.8 Å². The maximum atomic E-state index is 2.78. The van der Waals surface area contributed by atoms with Crippen molar-refractivity contribution in [2.24, 2.45) is 0 Å². The van der Waals surface area contributed by atoms with E-state index in [4.69, 9.17) is 0 Å². The second-order valence-corrected chi connectivity index (χ2v) is 4.96. The quantitative estimate of drug-likeness (QED) is 0.426. The largest absolute Gasteiger partial charge is 0.133 e. The summed E-state index contributed by atoms with van der Waals surface area (Å²) in [4.78, 5) is 0. The maximum absolute atomic E-state index is 2.78. The minimum absolute atomic E-state index is 1.02. The molecule has 3 aromatic rings. The molecule has 0 saturated heterocycles. The van der Waals surface area contributed by atoms with Gasteiger partial charge in [0.25, 0.3) is 0 Å². The first-order valence-electron chi connectivity index (χ1n) is 5.90. The number of fused-ring (bicyclic) bond motifs is 3. The van der Waals surface area contributed by atoms with Gasteiger partial charge in [-0.1, -0.05) is 54.1 Å². The number of hydrogen-bond acceptors (Lipinski definition) is 0. The Kier molecular flexibility index (Phi) is 2.61. The molecule has 84 valence electrons. The van der Waals surface area contributed by atoms with Crippen LogP contribution in [0.25, 0.3) is 21.5 Å². The van der Waals surface area contributed by atoms with E-state index in [0.29, 0.717) is 0 Å². The summed E-state index contributed by atoms with van der Waals surface area (Å²) in [7, 11) is 2.78. The van der Waals surface area contributed by atoms with Gasteiger partial charge in [-0.2, -0.15) is 0 Å². The van der Waals surface area contributed by atoms with Crippen molar-refractivity contribution in [1.29, 1.82) is 0 Å². The molecule has 0 aliphatic heterocycles. The van der Waals surface area contributed by atoms with Gasteiger partial charge < -0.3 is 0 Å². The first-order chi connectivity index (χ1) is 8.28. The molecule has 0 bridgehead atoms. The summed E-state index contributed by atoms with van der Waals surface area (Å²) in [6.45, 7) is 2.14. The van der Waals surface area contributed by atoms with Crippen molar-refractivity contribution in [2.45, 2.75) is 13.1 Å². The van der Waals surface area contributed by atoms with Gasteiger partial charge in [-0.25, -0.2) is 0 Å². The van der Waals surface area contributed by atoms with E-state index < -0.39 is 0 Å². The molecular weight excluding hydrogens is 223 g/mol. The molecule has 1 unspecified atom stereocenters. The first kappa shape index (κ1) is 10.7. The highest BCUT2D eigenvalue weighted by atomic mass is 31.0. The monoisotopic (exact) mass is 238 g/mol. The highest BCUT2D eigenvalue weighted by Crippen LogP contribution is 2.27. The Bertz CT molecular complexity index is 698. The molecule has 0 saturated carbocycles. The lowest BCUT2D eigenvalue weighted by Crippen LogP contribution is -1.82. The first-order valence-corrected chi connectivity index (χ1v) is 6.72. The average Bonchev–Trinajstić information content (AvgIpc) is 2.37. The molecule has 0 amide bonds. The molecule has 0 nitrogen and oxygen atoms in total. The molecule has 0 fully saturated rings. The van der Waals surface area contributed by atoms with Crippen LogP contribution in [0.4, 0.5) is 0 Å². The molecule has 0 radical (unpaired) electrons. The molecule has 3 rings (SSSR count). The highest BCUT2D eigenvalue weighted by Gasteiger charge is 2.01. The summed E-state index contributed by atoms with van der Waals surface area (Å²) in [5.74, 6) is 0. The van der Waals surface area contributed by atoms with Gasteiger partial charge >= 0.3 is 0 Å². The lowest BCUT2D eigenvalue weighted by Gasteiger charge is -2.06. The van der Waals surface area contributed by atoms with E-state index in [0.717, 1.165) is 6.16 Å². The van der Waals surface area contributed by atoms with Crippen LogP contribution < -0.4 is 0 Å². The van der Waals surface area contributed by atoms with Crippen LogP contribution in [0.1, 0.15) is 11.1 Å². The lowest BCUT2D eigenvalue weighted by molar-refractivity contribution is 1.45. The standard InChI is InChI=1S/C16H15P/c1-11-2-6-15-13(8-11)4-5-14-9-12(10-17)3-7-16(14)15/h2-9H,10,17H2,1H3. The fraction of sp³-hybridized carbons (Fsp3) is 0.125. The molecule has 0 heterocycles. The average molecular weight is 238 g/mol. The number of benzene rings is 3. The van der Waals surface area contributed by atoms with E-state index >= 15 is 0 Å². The van der Waals surface area contributed by atoms with Crippen LogP contribution >= 0.6 is 9.24 Å². The summed E-state index contributed by atoms with van der Waals surface area (Å²) < 4.78 is 0. The number of aryl methyl sites for hydroxylation is 1. The van der Waals surface area contributed by atoms with Gasteiger partial charge in [0.2, 0.25) is 0 Å². The Morgan fingerprint density at radius 1 is 0.824 bits per heavy atom. The van der Waals surface area contributed by atoms with Gasteiger partial charge in [0.05, 0.1) is 0 Å². The molecule has 0 aliphatic rings. The van der Waals surface area contributed by atoms with Crippen molar-refractivity contribution in [1.82, 2.24) is 0 Å². The summed E-state index contributed by atoms with van der Waals surface area (Å²) in [5.41, 5.74) is 2.69. The third-order valence-electron chi connectivity index (χ3n) is 3.29. The summed E-state index contributed by atoms with van der Waals surface area (Å²) >= 11 is 0. The Morgan fingerprint density at radius 3 is 2.18 bits per heavy atom. The van der Waals surface area contributed by atoms with Crippen molar-refractivity contribution < 1.29 is 0 Å². The maximum Gasteiger partial charge on any atom is -0.0105 e. The number of hydrogen-bond donors (Lipinski definition) is 0. The molecular formula is C16H15P. The van der Waals surface area contributed by atoms with E-state index in [1.807, 2.05) is 0 Å². The lowest BCUT2D eigenvalue weighted by atomic mass is 9.99. The molecule has 1 atom stereocenters. The molecule has 0 N–H and O–H groups in total. The highest BCUT2D eigenvalue weighted by molar-refractivity contribution is 7.15. The summed E-state index contributed by atoms with van der Waals surface area (Å²) in [6, 6.07) is 17.8. The van der Waals surface area contributed by atoms with Crippen LogP contribution in [0, 0.1) is 6.92 Å².